The zero-order chi connectivity index (χ0) is 20.0. The highest BCUT2D eigenvalue weighted by atomic mass is 19.2. The molecule has 2 heterocycles. The molecule has 2 aliphatic rings. The number of para-hydroxylation sites is 1. The van der Waals surface area contributed by atoms with Gasteiger partial charge in [0, 0.05) is 12.2 Å². The van der Waals surface area contributed by atoms with Gasteiger partial charge < -0.3 is 19.7 Å². The van der Waals surface area contributed by atoms with Gasteiger partial charge in [0.2, 0.25) is 6.79 Å². The third-order valence-corrected chi connectivity index (χ3v) is 5.07. The Balaban J connectivity index is 1.55. The number of carbonyl (C=O) groups excluding carboxylic acids is 1. The van der Waals surface area contributed by atoms with Gasteiger partial charge in [0.05, 0.1) is 5.56 Å². The third kappa shape index (κ3) is 3.04. The van der Waals surface area contributed by atoms with Crippen LogP contribution < -0.4 is 14.8 Å². The molecule has 1 N–H and O–H groups in total. The van der Waals surface area contributed by atoms with Crippen LogP contribution in [0.2, 0.25) is 0 Å². The van der Waals surface area contributed by atoms with Crippen LogP contribution in [0.15, 0.2) is 60.7 Å². The van der Waals surface area contributed by atoms with Crippen molar-refractivity contribution in [3.63, 3.8) is 0 Å². The van der Waals surface area contributed by atoms with E-state index in [1.54, 1.807) is 29.2 Å². The maximum atomic E-state index is 13.9. The molecule has 5 nitrogen and oxygen atoms in total. The molecule has 0 saturated carbocycles. The minimum atomic E-state index is -0.960. The molecular formula is C22H16F2N2O3. The van der Waals surface area contributed by atoms with Crippen molar-refractivity contribution in [3.05, 3.63) is 89.0 Å². The van der Waals surface area contributed by atoms with E-state index in [1.807, 2.05) is 18.2 Å². The van der Waals surface area contributed by atoms with E-state index in [9.17, 15) is 13.6 Å². The molecule has 0 aliphatic carbocycles. The Kier molecular flexibility index (Phi) is 4.08. The van der Waals surface area contributed by atoms with Crippen molar-refractivity contribution >= 4 is 11.6 Å². The number of nitrogens with one attached hydrogen (secondary N) is 1. The van der Waals surface area contributed by atoms with Crippen LogP contribution >= 0.6 is 0 Å². The van der Waals surface area contributed by atoms with Crippen LogP contribution in [-0.4, -0.2) is 17.6 Å². The Morgan fingerprint density at radius 3 is 2.66 bits per heavy atom. The van der Waals surface area contributed by atoms with Crippen LogP contribution in [-0.2, 0) is 6.54 Å². The molecule has 0 aromatic heterocycles. The normalized spacial score (nSPS) is 17.1. The summed E-state index contributed by atoms with van der Waals surface area (Å²) in [6.07, 6.45) is -0.655. The molecule has 0 bridgehead atoms. The Morgan fingerprint density at radius 1 is 0.966 bits per heavy atom. The lowest BCUT2D eigenvalue weighted by Crippen LogP contribution is -2.42. The topological polar surface area (TPSA) is 50.8 Å². The van der Waals surface area contributed by atoms with Gasteiger partial charge in [-0.1, -0.05) is 24.3 Å². The second kappa shape index (κ2) is 6.77. The van der Waals surface area contributed by atoms with Crippen molar-refractivity contribution < 1.29 is 23.0 Å². The average molecular weight is 394 g/mol. The van der Waals surface area contributed by atoms with Gasteiger partial charge >= 0.3 is 0 Å². The highest BCUT2D eigenvalue weighted by molar-refractivity contribution is 6.01. The first-order valence-electron chi connectivity index (χ1n) is 9.10. The molecule has 0 unspecified atom stereocenters. The molecular weight excluding hydrogens is 378 g/mol. The first-order valence-corrected chi connectivity index (χ1v) is 9.10. The van der Waals surface area contributed by atoms with Crippen LogP contribution in [0.4, 0.5) is 14.5 Å². The first-order chi connectivity index (χ1) is 14.1. The number of hydrogen-bond donors (Lipinski definition) is 1. The van der Waals surface area contributed by atoms with E-state index in [0.29, 0.717) is 28.3 Å². The van der Waals surface area contributed by atoms with Crippen LogP contribution in [0.5, 0.6) is 11.5 Å². The number of nitrogens with zero attached hydrogens (tertiary/aromatic N) is 1. The van der Waals surface area contributed by atoms with Crippen molar-refractivity contribution in [2.75, 3.05) is 12.1 Å². The fourth-order valence-electron chi connectivity index (χ4n) is 3.64. The highest BCUT2D eigenvalue weighted by Gasteiger charge is 2.33. The summed E-state index contributed by atoms with van der Waals surface area (Å²) in [5.41, 5.74) is 2.45. The number of fused-ring (bicyclic) bond motifs is 2. The Hall–Kier alpha value is -3.61. The van der Waals surface area contributed by atoms with Crippen LogP contribution in [0, 0.1) is 11.6 Å². The molecule has 5 rings (SSSR count). The van der Waals surface area contributed by atoms with Gasteiger partial charge in [-0.3, -0.25) is 4.79 Å². The SMILES string of the molecule is O=C1c2ccccc2N[C@@H](c2ccc(F)c(F)c2)N1Cc1ccc2c(c1)OCO2. The Labute approximate surface area is 165 Å². The Bertz CT molecular complexity index is 1120. The van der Waals surface area contributed by atoms with Gasteiger partial charge in [-0.2, -0.15) is 0 Å². The summed E-state index contributed by atoms with van der Waals surface area (Å²) in [6.45, 7) is 0.411. The number of rotatable bonds is 3. The molecule has 1 amide bonds. The van der Waals surface area contributed by atoms with Crippen molar-refractivity contribution in [1.29, 1.82) is 0 Å². The number of anilines is 1. The molecule has 1 atom stereocenters. The van der Waals surface area contributed by atoms with Crippen molar-refractivity contribution in [3.8, 4) is 11.5 Å². The summed E-state index contributed by atoms with van der Waals surface area (Å²) in [5, 5.41) is 3.27. The summed E-state index contributed by atoms with van der Waals surface area (Å²) in [5.74, 6) is -0.826. The second-order valence-corrected chi connectivity index (χ2v) is 6.89. The minimum absolute atomic E-state index is 0.161. The molecule has 0 radical (unpaired) electrons. The van der Waals surface area contributed by atoms with Gasteiger partial charge in [-0.05, 0) is 47.5 Å². The van der Waals surface area contributed by atoms with Gasteiger partial charge in [0.15, 0.2) is 23.1 Å². The zero-order valence-corrected chi connectivity index (χ0v) is 15.2. The maximum absolute atomic E-state index is 13.9. The molecule has 3 aromatic rings. The molecule has 3 aromatic carbocycles. The molecule has 29 heavy (non-hydrogen) atoms. The summed E-state index contributed by atoms with van der Waals surface area (Å²) in [6, 6.07) is 16.2. The van der Waals surface area contributed by atoms with E-state index < -0.39 is 17.8 Å². The monoisotopic (exact) mass is 394 g/mol. The number of hydrogen-bond acceptors (Lipinski definition) is 4. The predicted octanol–water partition coefficient (Wildman–Crippen LogP) is 4.46. The molecule has 7 heteroatoms. The van der Waals surface area contributed by atoms with E-state index in [0.717, 1.165) is 17.7 Å². The molecule has 0 fully saturated rings. The van der Waals surface area contributed by atoms with Crippen molar-refractivity contribution in [2.24, 2.45) is 0 Å². The smallest absolute Gasteiger partial charge is 0.258 e. The number of benzene rings is 3. The van der Waals surface area contributed by atoms with Crippen LogP contribution in [0.25, 0.3) is 0 Å². The standard InChI is InChI=1S/C22H16F2N2O3/c23-16-7-6-14(10-17(16)24)21-25-18-4-2-1-3-15(18)22(27)26(21)11-13-5-8-19-20(9-13)29-12-28-19/h1-10,21,25H,11-12H2/t21-/m1/s1. The summed E-state index contributed by atoms with van der Waals surface area (Å²) in [4.78, 5) is 14.8. The van der Waals surface area contributed by atoms with E-state index in [4.69, 9.17) is 9.47 Å². The summed E-state index contributed by atoms with van der Waals surface area (Å²) >= 11 is 0. The number of halogens is 2. The fraction of sp³-hybridized carbons (Fsp3) is 0.136. The van der Waals surface area contributed by atoms with E-state index in [1.165, 1.54) is 6.07 Å². The number of carbonyl (C=O) groups is 1. The third-order valence-electron chi connectivity index (χ3n) is 5.07. The molecule has 146 valence electrons. The summed E-state index contributed by atoms with van der Waals surface area (Å²) < 4.78 is 38.1. The quantitative estimate of drug-likeness (QED) is 0.713. The maximum Gasteiger partial charge on any atom is 0.258 e. The van der Waals surface area contributed by atoms with Crippen molar-refractivity contribution in [2.45, 2.75) is 12.7 Å². The van der Waals surface area contributed by atoms with Gasteiger partial charge in [0.25, 0.3) is 5.91 Å². The predicted molar refractivity (Wildman–Crippen MR) is 102 cm³/mol. The van der Waals surface area contributed by atoms with E-state index >= 15 is 0 Å². The zero-order valence-electron chi connectivity index (χ0n) is 15.2. The number of ether oxygens (including phenoxy) is 2. The van der Waals surface area contributed by atoms with Crippen LogP contribution in [0.3, 0.4) is 0 Å². The van der Waals surface area contributed by atoms with E-state index in [-0.39, 0.29) is 19.2 Å². The Morgan fingerprint density at radius 2 is 1.79 bits per heavy atom. The average Bonchev–Trinajstić information content (AvgIpc) is 3.20. The lowest BCUT2D eigenvalue weighted by molar-refractivity contribution is 0.0666. The van der Waals surface area contributed by atoms with Gasteiger partial charge in [0.1, 0.15) is 6.17 Å². The number of amides is 1. The lowest BCUT2D eigenvalue weighted by atomic mass is 10.0. The summed E-state index contributed by atoms with van der Waals surface area (Å²) in [7, 11) is 0. The largest absolute Gasteiger partial charge is 0.454 e. The molecule has 2 aliphatic heterocycles. The molecule has 0 spiro atoms. The first kappa shape index (κ1) is 17.5. The van der Waals surface area contributed by atoms with Gasteiger partial charge in [-0.15, -0.1) is 0 Å². The van der Waals surface area contributed by atoms with Gasteiger partial charge in [-0.25, -0.2) is 8.78 Å². The highest BCUT2D eigenvalue weighted by Crippen LogP contribution is 2.37. The van der Waals surface area contributed by atoms with Crippen LogP contribution in [0.1, 0.15) is 27.7 Å². The fourth-order valence-corrected chi connectivity index (χ4v) is 3.64. The minimum Gasteiger partial charge on any atom is -0.454 e. The molecule has 0 saturated heterocycles. The van der Waals surface area contributed by atoms with E-state index in [2.05, 4.69) is 5.32 Å². The van der Waals surface area contributed by atoms with Crippen molar-refractivity contribution in [1.82, 2.24) is 4.90 Å². The lowest BCUT2D eigenvalue weighted by Gasteiger charge is -2.38. The second-order valence-electron chi connectivity index (χ2n) is 6.89.